The van der Waals surface area contributed by atoms with Gasteiger partial charge in [0.25, 0.3) is 0 Å². The monoisotopic (exact) mass is 298 g/mol. The number of rotatable bonds is 2. The number of piperidine rings is 1. The zero-order chi connectivity index (χ0) is 14.2. The van der Waals surface area contributed by atoms with Crippen LogP contribution in [0, 0.1) is 0 Å². The third-order valence-corrected chi connectivity index (χ3v) is 3.99. The highest BCUT2D eigenvalue weighted by molar-refractivity contribution is 6.33. The third-order valence-electron chi connectivity index (χ3n) is 3.71. The fraction of sp³-hybridized carbons (Fsp3) is 0.538. The van der Waals surface area contributed by atoms with Crippen LogP contribution in [-0.4, -0.2) is 48.2 Å². The van der Waals surface area contributed by atoms with E-state index in [1.54, 1.807) is 0 Å². The van der Waals surface area contributed by atoms with Gasteiger partial charge < -0.3 is 19.5 Å². The largest absolute Gasteiger partial charge is 0.478 e. The van der Waals surface area contributed by atoms with Crippen molar-refractivity contribution in [1.82, 2.24) is 4.98 Å². The van der Waals surface area contributed by atoms with E-state index in [0.717, 1.165) is 25.9 Å². The average molecular weight is 299 g/mol. The van der Waals surface area contributed by atoms with Gasteiger partial charge in [-0.05, 0) is 6.07 Å². The molecule has 1 N–H and O–H groups in total. The molecule has 0 aliphatic carbocycles. The molecule has 0 bridgehead atoms. The van der Waals surface area contributed by atoms with Gasteiger partial charge in [-0.1, -0.05) is 11.6 Å². The number of carbonyl (C=O) groups is 1. The number of anilines is 1. The standard InChI is InChI=1S/C13H15ClN2O4/c14-10-7-9(12(17)18)8-15-11(10)16-3-1-13(2-4-16)19-5-6-20-13/h7-8H,1-6H2,(H,17,18). The number of nitrogens with zero attached hydrogens (tertiary/aromatic N) is 2. The van der Waals surface area contributed by atoms with E-state index in [-0.39, 0.29) is 5.56 Å². The lowest BCUT2D eigenvalue weighted by atomic mass is 10.0. The molecule has 108 valence electrons. The smallest absolute Gasteiger partial charge is 0.337 e. The highest BCUT2D eigenvalue weighted by atomic mass is 35.5. The molecule has 0 atom stereocenters. The number of pyridine rings is 1. The average Bonchev–Trinajstić information content (AvgIpc) is 2.88. The number of carboxylic acids is 1. The molecule has 1 aromatic heterocycles. The summed E-state index contributed by atoms with van der Waals surface area (Å²) in [5, 5.41) is 9.26. The molecule has 0 radical (unpaired) electrons. The van der Waals surface area contributed by atoms with Crippen molar-refractivity contribution < 1.29 is 19.4 Å². The van der Waals surface area contributed by atoms with Gasteiger partial charge in [0.1, 0.15) is 5.82 Å². The molecule has 0 aromatic carbocycles. The predicted molar refractivity (Wildman–Crippen MR) is 72.3 cm³/mol. The van der Waals surface area contributed by atoms with E-state index >= 15 is 0 Å². The second kappa shape index (κ2) is 5.20. The molecule has 20 heavy (non-hydrogen) atoms. The number of aromatic nitrogens is 1. The summed E-state index contributed by atoms with van der Waals surface area (Å²) in [5.41, 5.74) is 0.0923. The summed E-state index contributed by atoms with van der Waals surface area (Å²) in [5.74, 6) is -0.856. The molecule has 3 heterocycles. The summed E-state index contributed by atoms with van der Waals surface area (Å²) in [7, 11) is 0. The first-order valence-corrected chi connectivity index (χ1v) is 6.89. The van der Waals surface area contributed by atoms with Crippen LogP contribution in [0.4, 0.5) is 5.82 Å². The molecule has 0 saturated carbocycles. The van der Waals surface area contributed by atoms with Crippen LogP contribution in [0.1, 0.15) is 23.2 Å². The number of carboxylic acid groups (broad SMARTS) is 1. The second-order valence-corrected chi connectivity index (χ2v) is 5.34. The van der Waals surface area contributed by atoms with Gasteiger partial charge in [0.05, 0.1) is 23.8 Å². The molecule has 2 fully saturated rings. The first-order valence-electron chi connectivity index (χ1n) is 6.51. The minimum Gasteiger partial charge on any atom is -0.478 e. The minimum atomic E-state index is -1.03. The molecule has 0 amide bonds. The topological polar surface area (TPSA) is 71.9 Å². The van der Waals surface area contributed by atoms with Crippen LogP contribution >= 0.6 is 11.6 Å². The number of hydrogen-bond acceptors (Lipinski definition) is 5. The van der Waals surface area contributed by atoms with Crippen LogP contribution in [0.25, 0.3) is 0 Å². The third kappa shape index (κ3) is 2.46. The lowest BCUT2D eigenvalue weighted by Crippen LogP contribution is -2.45. The second-order valence-electron chi connectivity index (χ2n) is 4.93. The quantitative estimate of drug-likeness (QED) is 0.897. The number of hydrogen-bond donors (Lipinski definition) is 1. The van der Waals surface area contributed by atoms with Crippen molar-refractivity contribution >= 4 is 23.4 Å². The van der Waals surface area contributed by atoms with Gasteiger partial charge in [-0.25, -0.2) is 9.78 Å². The van der Waals surface area contributed by atoms with E-state index < -0.39 is 11.8 Å². The van der Waals surface area contributed by atoms with Crippen molar-refractivity contribution in [2.24, 2.45) is 0 Å². The first kappa shape index (κ1) is 13.6. The molecule has 2 aliphatic heterocycles. The Morgan fingerprint density at radius 1 is 1.35 bits per heavy atom. The van der Waals surface area contributed by atoms with Gasteiger partial charge in [0.15, 0.2) is 5.79 Å². The molecule has 3 rings (SSSR count). The molecular weight excluding hydrogens is 284 g/mol. The van der Waals surface area contributed by atoms with Crippen molar-refractivity contribution in [3.05, 3.63) is 22.8 Å². The van der Waals surface area contributed by atoms with Gasteiger partial charge in [0.2, 0.25) is 0 Å². The zero-order valence-electron chi connectivity index (χ0n) is 10.8. The molecule has 0 unspecified atom stereocenters. The summed E-state index contributed by atoms with van der Waals surface area (Å²) in [6.45, 7) is 2.73. The van der Waals surface area contributed by atoms with Crippen LogP contribution in [0.2, 0.25) is 5.02 Å². The molecule has 2 saturated heterocycles. The molecule has 1 aromatic rings. The SMILES string of the molecule is O=C(O)c1cnc(N2CCC3(CC2)OCCO3)c(Cl)c1. The van der Waals surface area contributed by atoms with Gasteiger partial charge >= 0.3 is 5.97 Å². The summed E-state index contributed by atoms with van der Waals surface area (Å²) in [4.78, 5) is 17.1. The van der Waals surface area contributed by atoms with E-state index in [1.807, 2.05) is 4.90 Å². The highest BCUT2D eigenvalue weighted by Gasteiger charge is 2.40. The summed E-state index contributed by atoms with van der Waals surface area (Å²) < 4.78 is 11.3. The van der Waals surface area contributed by atoms with Crippen molar-refractivity contribution in [2.45, 2.75) is 18.6 Å². The lowest BCUT2D eigenvalue weighted by Gasteiger charge is -2.38. The number of ether oxygens (including phenoxy) is 2. The number of halogens is 1. The van der Waals surface area contributed by atoms with Gasteiger partial charge in [0, 0.05) is 32.1 Å². The van der Waals surface area contributed by atoms with Crippen molar-refractivity contribution in [2.75, 3.05) is 31.2 Å². The first-order chi connectivity index (χ1) is 9.60. The molecule has 6 nitrogen and oxygen atoms in total. The molecule has 7 heteroatoms. The number of aromatic carboxylic acids is 1. The maximum atomic E-state index is 10.9. The maximum absolute atomic E-state index is 10.9. The van der Waals surface area contributed by atoms with Crippen LogP contribution < -0.4 is 4.90 Å². The Bertz CT molecular complexity index is 521. The van der Waals surface area contributed by atoms with Crippen LogP contribution in [-0.2, 0) is 9.47 Å². The predicted octanol–water partition coefficient (Wildman–Crippen LogP) is 1.78. The normalized spacial score (nSPS) is 21.4. The molecule has 1 spiro atoms. The Labute approximate surface area is 121 Å². The lowest BCUT2D eigenvalue weighted by molar-refractivity contribution is -0.169. The van der Waals surface area contributed by atoms with Crippen molar-refractivity contribution in [3.8, 4) is 0 Å². The molecule has 2 aliphatic rings. The Morgan fingerprint density at radius 3 is 2.55 bits per heavy atom. The van der Waals surface area contributed by atoms with E-state index in [0.29, 0.717) is 24.1 Å². The Balaban J connectivity index is 1.73. The fourth-order valence-electron chi connectivity index (χ4n) is 2.63. The van der Waals surface area contributed by atoms with E-state index in [2.05, 4.69) is 4.98 Å². The van der Waals surface area contributed by atoms with Crippen molar-refractivity contribution in [1.29, 1.82) is 0 Å². The molecular formula is C13H15ClN2O4. The Morgan fingerprint density at radius 2 is 2.00 bits per heavy atom. The van der Waals surface area contributed by atoms with Crippen molar-refractivity contribution in [3.63, 3.8) is 0 Å². The van der Waals surface area contributed by atoms with Gasteiger partial charge in [-0.15, -0.1) is 0 Å². The minimum absolute atomic E-state index is 0.0923. The zero-order valence-corrected chi connectivity index (χ0v) is 11.6. The maximum Gasteiger partial charge on any atom is 0.337 e. The highest BCUT2D eigenvalue weighted by Crippen LogP contribution is 2.34. The Kier molecular flexibility index (Phi) is 3.54. The summed E-state index contributed by atoms with van der Waals surface area (Å²) >= 11 is 6.13. The van der Waals surface area contributed by atoms with Crippen LogP contribution in [0.3, 0.4) is 0 Å². The fourth-order valence-corrected chi connectivity index (χ4v) is 2.91. The van der Waals surface area contributed by atoms with Crippen LogP contribution in [0.5, 0.6) is 0 Å². The summed E-state index contributed by atoms with van der Waals surface area (Å²) in [6.07, 6.45) is 2.84. The van der Waals surface area contributed by atoms with E-state index in [4.69, 9.17) is 26.2 Å². The summed E-state index contributed by atoms with van der Waals surface area (Å²) in [6, 6.07) is 1.43. The van der Waals surface area contributed by atoms with Crippen LogP contribution in [0.15, 0.2) is 12.3 Å². The Hall–Kier alpha value is -1.37. The van der Waals surface area contributed by atoms with Gasteiger partial charge in [-0.3, -0.25) is 0 Å². The van der Waals surface area contributed by atoms with E-state index in [1.165, 1.54) is 12.3 Å². The van der Waals surface area contributed by atoms with E-state index in [9.17, 15) is 4.79 Å². The van der Waals surface area contributed by atoms with Gasteiger partial charge in [-0.2, -0.15) is 0 Å².